The lowest BCUT2D eigenvalue weighted by atomic mass is 9.60. The van der Waals surface area contributed by atoms with Gasteiger partial charge in [-0.2, -0.15) is 0 Å². The average Bonchev–Trinajstić information content (AvgIpc) is 2.93. The normalized spacial score (nSPS) is 18.9. The van der Waals surface area contributed by atoms with Crippen molar-refractivity contribution < 1.29 is 28.5 Å². The van der Waals surface area contributed by atoms with Crippen molar-refractivity contribution >= 4 is 11.9 Å². The van der Waals surface area contributed by atoms with Crippen molar-refractivity contribution in [2.24, 2.45) is 5.92 Å². The molecule has 40 heavy (non-hydrogen) atoms. The minimum absolute atomic E-state index is 0.0438. The summed E-state index contributed by atoms with van der Waals surface area (Å²) in [5.41, 5.74) is 3.58. The van der Waals surface area contributed by atoms with Gasteiger partial charge in [-0.3, -0.25) is 0 Å². The van der Waals surface area contributed by atoms with Crippen LogP contribution in [-0.2, 0) is 29.9 Å². The lowest BCUT2D eigenvalue weighted by Gasteiger charge is -2.44. The second-order valence-corrected chi connectivity index (χ2v) is 11.6. The monoisotopic (exact) mass is 548 g/mol. The Hall–Kier alpha value is -3.54. The standard InChI is InChI=1S/C34H44O6/c1-24(2)31(35)39-22-20-37-29-12-8-26(9-13-29)33(5,6)27-16-18-34(7,19-17-27)28-10-14-30(15-11-28)38-21-23-40-32(36)25(3)4/h8-15,27H,1,3,16-23H2,2,4-7H3. The number of rotatable bonds is 13. The Morgan fingerprint density at radius 3 is 1.62 bits per heavy atom. The fraction of sp³-hybridized carbons (Fsp3) is 0.471. The van der Waals surface area contributed by atoms with Crippen LogP contribution in [0.4, 0.5) is 0 Å². The largest absolute Gasteiger partial charge is 0.490 e. The van der Waals surface area contributed by atoms with Crippen molar-refractivity contribution in [3.05, 3.63) is 84.0 Å². The quantitative estimate of drug-likeness (QED) is 0.151. The summed E-state index contributed by atoms with van der Waals surface area (Å²) in [5.74, 6) is 1.33. The molecule has 0 spiro atoms. The molecule has 6 heteroatoms. The molecule has 0 bridgehead atoms. The Morgan fingerprint density at radius 2 is 1.20 bits per heavy atom. The van der Waals surface area contributed by atoms with Crippen LogP contribution in [0.2, 0.25) is 0 Å². The van der Waals surface area contributed by atoms with Crippen LogP contribution in [0.1, 0.15) is 71.4 Å². The van der Waals surface area contributed by atoms with E-state index in [1.165, 1.54) is 11.1 Å². The van der Waals surface area contributed by atoms with Crippen molar-refractivity contribution in [3.63, 3.8) is 0 Å². The Morgan fingerprint density at radius 1 is 0.775 bits per heavy atom. The van der Waals surface area contributed by atoms with E-state index >= 15 is 0 Å². The molecular formula is C34H44O6. The molecule has 0 heterocycles. The van der Waals surface area contributed by atoms with E-state index in [-0.39, 0.29) is 24.0 Å². The highest BCUT2D eigenvalue weighted by atomic mass is 16.6. The first-order valence-corrected chi connectivity index (χ1v) is 14.0. The van der Waals surface area contributed by atoms with Gasteiger partial charge >= 0.3 is 11.9 Å². The first-order valence-electron chi connectivity index (χ1n) is 14.0. The van der Waals surface area contributed by atoms with Crippen molar-refractivity contribution in [2.45, 2.75) is 71.1 Å². The van der Waals surface area contributed by atoms with Crippen LogP contribution in [0.25, 0.3) is 0 Å². The predicted molar refractivity (Wildman–Crippen MR) is 158 cm³/mol. The molecule has 2 aromatic carbocycles. The molecule has 3 rings (SSSR count). The Balaban J connectivity index is 1.49. The van der Waals surface area contributed by atoms with Crippen molar-refractivity contribution in [2.75, 3.05) is 26.4 Å². The van der Waals surface area contributed by atoms with Crippen LogP contribution in [-0.4, -0.2) is 38.4 Å². The van der Waals surface area contributed by atoms with Gasteiger partial charge in [0.25, 0.3) is 0 Å². The topological polar surface area (TPSA) is 71.1 Å². The molecule has 2 aromatic rings. The summed E-state index contributed by atoms with van der Waals surface area (Å²) in [6.45, 7) is 18.5. The van der Waals surface area contributed by atoms with Crippen LogP contribution in [0.3, 0.4) is 0 Å². The summed E-state index contributed by atoms with van der Waals surface area (Å²) in [7, 11) is 0. The third-order valence-corrected chi connectivity index (χ3v) is 8.13. The molecule has 1 aliphatic carbocycles. The minimum atomic E-state index is -0.397. The zero-order chi connectivity index (χ0) is 29.3. The van der Waals surface area contributed by atoms with Crippen molar-refractivity contribution in [3.8, 4) is 11.5 Å². The minimum Gasteiger partial charge on any atom is -0.490 e. The highest BCUT2D eigenvalue weighted by molar-refractivity contribution is 5.87. The molecule has 0 amide bonds. The molecule has 1 saturated carbocycles. The number of hydrogen-bond acceptors (Lipinski definition) is 6. The van der Waals surface area contributed by atoms with E-state index in [4.69, 9.17) is 18.9 Å². The van der Waals surface area contributed by atoms with E-state index in [9.17, 15) is 9.59 Å². The lowest BCUT2D eigenvalue weighted by Crippen LogP contribution is -2.36. The second-order valence-electron chi connectivity index (χ2n) is 11.6. The summed E-state index contributed by atoms with van der Waals surface area (Å²) in [6, 6.07) is 16.6. The number of benzene rings is 2. The number of hydrogen-bond donors (Lipinski definition) is 0. The van der Waals surface area contributed by atoms with Crippen molar-refractivity contribution in [1.29, 1.82) is 0 Å². The average molecular weight is 549 g/mol. The number of carbonyl (C=O) groups is 2. The molecule has 0 radical (unpaired) electrons. The van der Waals surface area contributed by atoms with Gasteiger partial charge < -0.3 is 18.9 Å². The summed E-state index contributed by atoms with van der Waals surface area (Å²) < 4.78 is 21.6. The van der Waals surface area contributed by atoms with Gasteiger partial charge in [0, 0.05) is 11.1 Å². The molecule has 216 valence electrons. The zero-order valence-electron chi connectivity index (χ0n) is 24.7. The number of carbonyl (C=O) groups excluding carboxylic acids is 2. The van der Waals surface area contributed by atoms with Crippen LogP contribution in [0, 0.1) is 5.92 Å². The molecule has 1 fully saturated rings. The molecule has 1 aliphatic rings. The van der Waals surface area contributed by atoms with Gasteiger partial charge in [0.2, 0.25) is 0 Å². The van der Waals surface area contributed by atoms with Crippen LogP contribution >= 0.6 is 0 Å². The summed E-state index contributed by atoms with van der Waals surface area (Å²) in [5, 5.41) is 0. The molecule has 0 saturated heterocycles. The Kier molecular flexibility index (Phi) is 10.6. The van der Waals surface area contributed by atoms with Gasteiger partial charge in [0.15, 0.2) is 0 Å². The van der Waals surface area contributed by atoms with Gasteiger partial charge in [-0.25, -0.2) is 9.59 Å². The van der Waals surface area contributed by atoms with Gasteiger partial charge in [0.1, 0.15) is 37.9 Å². The number of ether oxygens (including phenoxy) is 4. The third-order valence-electron chi connectivity index (χ3n) is 8.13. The molecule has 0 aromatic heterocycles. The summed E-state index contributed by atoms with van der Waals surface area (Å²) in [4.78, 5) is 22.9. The maximum absolute atomic E-state index is 11.5. The van der Waals surface area contributed by atoms with Crippen LogP contribution < -0.4 is 9.47 Å². The lowest BCUT2D eigenvalue weighted by molar-refractivity contribution is -0.140. The molecule has 0 atom stereocenters. The highest BCUT2D eigenvalue weighted by Gasteiger charge is 2.39. The van der Waals surface area contributed by atoms with Crippen LogP contribution in [0.15, 0.2) is 72.8 Å². The smallest absolute Gasteiger partial charge is 0.333 e. The van der Waals surface area contributed by atoms with E-state index in [1.54, 1.807) is 13.8 Å². The van der Waals surface area contributed by atoms with Gasteiger partial charge in [0.05, 0.1) is 0 Å². The molecule has 0 aliphatic heterocycles. The van der Waals surface area contributed by atoms with Crippen molar-refractivity contribution in [1.82, 2.24) is 0 Å². The molecule has 0 N–H and O–H groups in total. The van der Waals surface area contributed by atoms with E-state index in [0.717, 1.165) is 37.2 Å². The van der Waals surface area contributed by atoms with Gasteiger partial charge in [-0.05, 0) is 91.7 Å². The fourth-order valence-electron chi connectivity index (χ4n) is 5.27. The molecular weight excluding hydrogens is 504 g/mol. The molecule has 0 unspecified atom stereocenters. The predicted octanol–water partition coefficient (Wildman–Crippen LogP) is 7.11. The highest BCUT2D eigenvalue weighted by Crippen LogP contribution is 2.48. The maximum atomic E-state index is 11.5. The second kappa shape index (κ2) is 13.7. The number of esters is 2. The Bertz CT molecular complexity index is 1170. The summed E-state index contributed by atoms with van der Waals surface area (Å²) in [6.07, 6.45) is 4.56. The van der Waals surface area contributed by atoms with E-state index in [2.05, 4.69) is 58.2 Å². The Labute approximate surface area is 239 Å². The fourth-order valence-corrected chi connectivity index (χ4v) is 5.27. The van der Waals surface area contributed by atoms with Gasteiger partial charge in [-0.1, -0.05) is 58.2 Å². The first kappa shape index (κ1) is 31.0. The SMILES string of the molecule is C=C(C)C(=O)OCCOc1ccc(C2(C)CCC(C(C)(C)c3ccc(OCCOC(=O)C(=C)C)cc3)CC2)cc1. The third kappa shape index (κ3) is 8.23. The summed E-state index contributed by atoms with van der Waals surface area (Å²) >= 11 is 0. The van der Waals surface area contributed by atoms with E-state index in [1.807, 2.05) is 24.3 Å². The van der Waals surface area contributed by atoms with E-state index < -0.39 is 11.9 Å². The van der Waals surface area contributed by atoms with Gasteiger partial charge in [-0.15, -0.1) is 0 Å². The first-order chi connectivity index (χ1) is 18.9. The maximum Gasteiger partial charge on any atom is 0.333 e. The zero-order valence-corrected chi connectivity index (χ0v) is 24.7. The molecule has 6 nitrogen and oxygen atoms in total. The van der Waals surface area contributed by atoms with E-state index in [0.29, 0.717) is 30.3 Å². The van der Waals surface area contributed by atoms with Crippen LogP contribution in [0.5, 0.6) is 11.5 Å².